The van der Waals surface area contributed by atoms with E-state index >= 15 is 0 Å². The highest BCUT2D eigenvalue weighted by atomic mass is 32.2. The normalized spacial score (nSPS) is 13.6. The lowest BCUT2D eigenvalue weighted by atomic mass is 10.0. The maximum absolute atomic E-state index is 12.8. The Morgan fingerprint density at radius 1 is 1.18 bits per heavy atom. The van der Waals surface area contributed by atoms with E-state index in [1.165, 1.54) is 19.1 Å². The monoisotopic (exact) mass is 402 g/mol. The van der Waals surface area contributed by atoms with Crippen molar-refractivity contribution in [3.8, 4) is 0 Å². The number of fused-ring (bicyclic) bond motifs is 1. The summed E-state index contributed by atoms with van der Waals surface area (Å²) in [4.78, 5) is 25.4. The van der Waals surface area contributed by atoms with E-state index in [1.54, 1.807) is 42.2 Å². The summed E-state index contributed by atoms with van der Waals surface area (Å²) in [6.07, 6.45) is 1.49. The van der Waals surface area contributed by atoms with Crippen molar-refractivity contribution in [3.63, 3.8) is 0 Å². The number of carbonyl (C=O) groups is 2. The van der Waals surface area contributed by atoms with Crippen molar-refractivity contribution in [1.82, 2.24) is 0 Å². The lowest BCUT2D eigenvalue weighted by Gasteiger charge is -2.28. The molecular formula is C20H22N2O5S. The van der Waals surface area contributed by atoms with Gasteiger partial charge < -0.3 is 9.64 Å². The van der Waals surface area contributed by atoms with Crippen molar-refractivity contribution in [2.45, 2.75) is 31.6 Å². The highest BCUT2D eigenvalue weighted by Crippen LogP contribution is 2.30. The summed E-state index contributed by atoms with van der Waals surface area (Å²) in [5.74, 6) is -0.577. The Labute approximate surface area is 164 Å². The number of nitrogens with zero attached hydrogens (tertiary/aromatic N) is 1. The van der Waals surface area contributed by atoms with Crippen molar-refractivity contribution >= 4 is 33.3 Å². The molecule has 0 fully saturated rings. The number of esters is 1. The van der Waals surface area contributed by atoms with E-state index < -0.39 is 16.0 Å². The summed E-state index contributed by atoms with van der Waals surface area (Å²) in [7, 11) is -3.84. The molecule has 28 heavy (non-hydrogen) atoms. The van der Waals surface area contributed by atoms with Crippen LogP contribution in [0.25, 0.3) is 0 Å². The summed E-state index contributed by atoms with van der Waals surface area (Å²) < 4.78 is 33.0. The molecule has 1 amide bonds. The molecule has 148 valence electrons. The molecule has 0 bridgehead atoms. The SMILES string of the molecule is CCOC(=O)c1cccc(NS(=O)(=O)c2ccc3c(c2)CCCN3C(C)=O)c1. The Balaban J connectivity index is 1.87. The Morgan fingerprint density at radius 3 is 2.68 bits per heavy atom. The van der Waals surface area contributed by atoms with E-state index in [0.29, 0.717) is 13.0 Å². The fraction of sp³-hybridized carbons (Fsp3) is 0.300. The topological polar surface area (TPSA) is 92.8 Å². The third-order valence-corrected chi connectivity index (χ3v) is 5.86. The van der Waals surface area contributed by atoms with Gasteiger partial charge in [-0.2, -0.15) is 0 Å². The van der Waals surface area contributed by atoms with Crippen LogP contribution in [0.1, 0.15) is 36.2 Å². The van der Waals surface area contributed by atoms with Gasteiger partial charge in [0, 0.05) is 24.8 Å². The quantitative estimate of drug-likeness (QED) is 0.776. The van der Waals surface area contributed by atoms with Crippen molar-refractivity contribution < 1.29 is 22.7 Å². The third-order valence-electron chi connectivity index (χ3n) is 4.49. The van der Waals surface area contributed by atoms with Crippen molar-refractivity contribution in [2.24, 2.45) is 0 Å². The molecule has 1 N–H and O–H groups in total. The summed E-state index contributed by atoms with van der Waals surface area (Å²) in [5.41, 5.74) is 2.12. The fourth-order valence-electron chi connectivity index (χ4n) is 3.21. The maximum atomic E-state index is 12.8. The smallest absolute Gasteiger partial charge is 0.338 e. The first-order valence-electron chi connectivity index (χ1n) is 9.03. The Bertz CT molecular complexity index is 1020. The van der Waals surface area contributed by atoms with Gasteiger partial charge in [-0.05, 0) is 61.7 Å². The number of benzene rings is 2. The first-order chi connectivity index (χ1) is 13.3. The largest absolute Gasteiger partial charge is 0.462 e. The molecule has 0 radical (unpaired) electrons. The Morgan fingerprint density at radius 2 is 1.96 bits per heavy atom. The minimum Gasteiger partial charge on any atom is -0.462 e. The molecule has 1 aliphatic rings. The molecule has 2 aromatic carbocycles. The predicted molar refractivity (Wildman–Crippen MR) is 106 cm³/mol. The van der Waals surface area contributed by atoms with Gasteiger partial charge in [0.15, 0.2) is 0 Å². The van der Waals surface area contributed by atoms with Crippen LogP contribution in [0.4, 0.5) is 11.4 Å². The van der Waals surface area contributed by atoms with Crippen LogP contribution >= 0.6 is 0 Å². The van der Waals surface area contributed by atoms with Gasteiger partial charge in [-0.3, -0.25) is 9.52 Å². The predicted octanol–water partition coefficient (Wildman–Crippen LogP) is 2.96. The molecule has 2 aromatic rings. The fourth-order valence-corrected chi connectivity index (χ4v) is 4.31. The number of anilines is 2. The van der Waals surface area contributed by atoms with Crippen LogP contribution in [0, 0.1) is 0 Å². The number of carbonyl (C=O) groups excluding carboxylic acids is 2. The number of amides is 1. The standard InChI is InChI=1S/C20H22N2O5S/c1-3-27-20(24)16-6-4-8-17(12-16)21-28(25,26)18-9-10-19-15(13-18)7-5-11-22(19)14(2)23/h4,6,8-10,12-13,21H,3,5,7,11H2,1-2H3. The second-order valence-electron chi connectivity index (χ2n) is 6.47. The van der Waals surface area contributed by atoms with E-state index in [0.717, 1.165) is 17.7 Å². The highest BCUT2D eigenvalue weighted by Gasteiger charge is 2.23. The lowest BCUT2D eigenvalue weighted by molar-refractivity contribution is -0.116. The van der Waals surface area contributed by atoms with Crippen LogP contribution in [0.15, 0.2) is 47.4 Å². The number of aryl methyl sites for hydroxylation is 1. The maximum Gasteiger partial charge on any atom is 0.338 e. The summed E-state index contributed by atoms with van der Waals surface area (Å²) in [6, 6.07) is 10.9. The molecule has 1 aliphatic heterocycles. The average molecular weight is 402 g/mol. The lowest BCUT2D eigenvalue weighted by Crippen LogP contribution is -2.33. The minimum absolute atomic E-state index is 0.0644. The summed E-state index contributed by atoms with van der Waals surface area (Å²) in [5, 5.41) is 0. The van der Waals surface area contributed by atoms with E-state index in [9.17, 15) is 18.0 Å². The Hall–Kier alpha value is -2.87. The molecule has 0 atom stereocenters. The van der Waals surface area contributed by atoms with Crippen molar-refractivity contribution in [1.29, 1.82) is 0 Å². The minimum atomic E-state index is -3.84. The molecule has 0 saturated carbocycles. The molecule has 3 rings (SSSR count). The van der Waals surface area contributed by atoms with Crippen LogP contribution in [0.3, 0.4) is 0 Å². The second kappa shape index (κ2) is 8.02. The van der Waals surface area contributed by atoms with Crippen LogP contribution in [-0.4, -0.2) is 33.4 Å². The van der Waals surface area contributed by atoms with Gasteiger partial charge in [-0.15, -0.1) is 0 Å². The van der Waals surface area contributed by atoms with Gasteiger partial charge in [0.25, 0.3) is 10.0 Å². The molecule has 0 aromatic heterocycles. The van der Waals surface area contributed by atoms with Crippen molar-refractivity contribution in [2.75, 3.05) is 22.8 Å². The molecule has 0 unspecified atom stereocenters. The van der Waals surface area contributed by atoms with Gasteiger partial charge in [0.2, 0.25) is 5.91 Å². The van der Waals surface area contributed by atoms with Gasteiger partial charge in [0.1, 0.15) is 0 Å². The highest BCUT2D eigenvalue weighted by molar-refractivity contribution is 7.92. The number of sulfonamides is 1. The zero-order chi connectivity index (χ0) is 20.3. The van der Waals surface area contributed by atoms with Crippen LogP contribution < -0.4 is 9.62 Å². The van der Waals surface area contributed by atoms with Crippen molar-refractivity contribution in [3.05, 3.63) is 53.6 Å². The van der Waals surface area contributed by atoms with Crippen LogP contribution in [-0.2, 0) is 26.0 Å². The summed E-state index contributed by atoms with van der Waals surface area (Å²) >= 11 is 0. The van der Waals surface area contributed by atoms with E-state index in [-0.39, 0.29) is 28.7 Å². The zero-order valence-electron chi connectivity index (χ0n) is 15.8. The Kier molecular flexibility index (Phi) is 5.69. The summed E-state index contributed by atoms with van der Waals surface area (Å²) in [6.45, 7) is 4.07. The van der Waals surface area contributed by atoms with E-state index in [4.69, 9.17) is 4.74 Å². The number of nitrogens with one attached hydrogen (secondary N) is 1. The van der Waals surface area contributed by atoms with Gasteiger partial charge in [-0.1, -0.05) is 6.07 Å². The second-order valence-corrected chi connectivity index (χ2v) is 8.15. The molecule has 8 heteroatoms. The van der Waals surface area contributed by atoms with Gasteiger partial charge in [-0.25, -0.2) is 13.2 Å². The number of rotatable bonds is 5. The molecule has 0 saturated heterocycles. The number of hydrogen-bond acceptors (Lipinski definition) is 5. The first kappa shape index (κ1) is 19.9. The molecule has 0 spiro atoms. The number of hydrogen-bond donors (Lipinski definition) is 1. The molecule has 0 aliphatic carbocycles. The molecule has 1 heterocycles. The van der Waals surface area contributed by atoms with E-state index in [1.807, 2.05) is 0 Å². The van der Waals surface area contributed by atoms with E-state index in [2.05, 4.69) is 4.72 Å². The zero-order valence-corrected chi connectivity index (χ0v) is 16.6. The van der Waals surface area contributed by atoms with Gasteiger partial charge >= 0.3 is 5.97 Å². The third kappa shape index (κ3) is 4.17. The number of ether oxygens (including phenoxy) is 1. The molecular weight excluding hydrogens is 380 g/mol. The average Bonchev–Trinajstić information content (AvgIpc) is 2.67. The van der Waals surface area contributed by atoms with Crippen LogP contribution in [0.2, 0.25) is 0 Å². The van der Waals surface area contributed by atoms with Gasteiger partial charge in [0.05, 0.1) is 17.1 Å². The van der Waals surface area contributed by atoms with Crippen LogP contribution in [0.5, 0.6) is 0 Å². The molecule has 7 nitrogen and oxygen atoms in total. The first-order valence-corrected chi connectivity index (χ1v) is 10.5.